The van der Waals surface area contributed by atoms with Crippen molar-refractivity contribution in [1.82, 2.24) is 4.72 Å². The van der Waals surface area contributed by atoms with Crippen molar-refractivity contribution in [3.8, 4) is 5.75 Å². The number of furan rings is 2. The van der Waals surface area contributed by atoms with Crippen molar-refractivity contribution in [2.45, 2.75) is 31.1 Å². The van der Waals surface area contributed by atoms with E-state index in [1.165, 1.54) is 32.2 Å². The van der Waals surface area contributed by atoms with E-state index in [9.17, 15) is 13.2 Å². The summed E-state index contributed by atoms with van der Waals surface area (Å²) in [6.45, 7) is 1.66. The Labute approximate surface area is 157 Å². The third-order valence-corrected chi connectivity index (χ3v) is 5.71. The number of aryl methyl sites for hydroxylation is 1. The molecule has 7 nitrogen and oxygen atoms in total. The fourth-order valence-electron chi connectivity index (χ4n) is 2.81. The van der Waals surface area contributed by atoms with Gasteiger partial charge < -0.3 is 13.6 Å². The number of nitrogens with one attached hydrogen (secondary N) is 1. The molecule has 0 bridgehead atoms. The number of hydrogen-bond acceptors (Lipinski definition) is 6. The highest BCUT2D eigenvalue weighted by molar-refractivity contribution is 7.89. The zero-order chi connectivity index (χ0) is 19.4. The molecule has 0 amide bonds. The van der Waals surface area contributed by atoms with Crippen molar-refractivity contribution in [3.05, 3.63) is 48.1 Å². The van der Waals surface area contributed by atoms with Crippen LogP contribution in [0.4, 0.5) is 0 Å². The number of unbranched alkanes of at least 4 members (excludes halogenated alkanes) is 1. The highest BCUT2D eigenvalue weighted by atomic mass is 32.2. The van der Waals surface area contributed by atoms with Crippen LogP contribution in [-0.4, -0.2) is 27.9 Å². The normalized spacial score (nSPS) is 11.8. The summed E-state index contributed by atoms with van der Waals surface area (Å²) in [6, 6.07) is 8.12. The van der Waals surface area contributed by atoms with Gasteiger partial charge in [0.2, 0.25) is 10.0 Å². The van der Waals surface area contributed by atoms with E-state index in [1.54, 1.807) is 6.26 Å². The molecule has 0 saturated heterocycles. The van der Waals surface area contributed by atoms with E-state index < -0.39 is 10.0 Å². The van der Waals surface area contributed by atoms with E-state index in [-0.39, 0.29) is 22.0 Å². The second kappa shape index (κ2) is 7.98. The van der Waals surface area contributed by atoms with Crippen LogP contribution in [0.25, 0.3) is 11.0 Å². The third kappa shape index (κ3) is 4.23. The van der Waals surface area contributed by atoms with E-state index >= 15 is 0 Å². The number of fused-ring (bicyclic) bond motifs is 1. The largest absolute Gasteiger partial charge is 0.493 e. The molecule has 1 N–H and O–H groups in total. The number of hydrogen-bond donors (Lipinski definition) is 1. The summed E-state index contributed by atoms with van der Waals surface area (Å²) in [5.74, 6) is 1.05. The number of benzene rings is 1. The molecule has 0 unspecified atom stereocenters. The van der Waals surface area contributed by atoms with E-state index in [4.69, 9.17) is 13.6 Å². The Morgan fingerprint density at radius 1 is 1.22 bits per heavy atom. The summed E-state index contributed by atoms with van der Waals surface area (Å²) in [5, 5.41) is 0.322. The summed E-state index contributed by atoms with van der Waals surface area (Å²) in [4.78, 5) is 11.7. The molecule has 8 heteroatoms. The summed E-state index contributed by atoms with van der Waals surface area (Å²) in [6.07, 6.45) is 3.84. The van der Waals surface area contributed by atoms with Crippen LogP contribution < -0.4 is 9.46 Å². The minimum absolute atomic E-state index is 0.0561. The van der Waals surface area contributed by atoms with Gasteiger partial charge in [0, 0.05) is 25.3 Å². The Morgan fingerprint density at radius 3 is 2.70 bits per heavy atom. The van der Waals surface area contributed by atoms with Crippen LogP contribution in [0.15, 0.2) is 50.3 Å². The summed E-state index contributed by atoms with van der Waals surface area (Å²) in [5.41, 5.74) is 0.239. The first-order valence-electron chi connectivity index (χ1n) is 8.56. The maximum Gasteiger partial charge on any atom is 0.241 e. The number of ether oxygens (including phenoxy) is 1. The zero-order valence-electron chi connectivity index (χ0n) is 15.2. The Hall–Kier alpha value is -2.58. The highest BCUT2D eigenvalue weighted by Crippen LogP contribution is 2.33. The van der Waals surface area contributed by atoms with Gasteiger partial charge in [0.15, 0.2) is 22.9 Å². The van der Waals surface area contributed by atoms with Gasteiger partial charge in [-0.3, -0.25) is 4.79 Å². The van der Waals surface area contributed by atoms with Crippen LogP contribution in [0.1, 0.15) is 36.1 Å². The SMILES string of the molecule is COc1ccc(S(=O)(=O)NCCCCc2ccco2)c2cc(C(C)=O)oc12. The fraction of sp³-hybridized carbons (Fsp3) is 0.316. The predicted molar refractivity (Wildman–Crippen MR) is 99.6 cm³/mol. The first kappa shape index (κ1) is 19.2. The molecular formula is C19H21NO6S. The van der Waals surface area contributed by atoms with Crippen LogP contribution >= 0.6 is 0 Å². The molecule has 0 radical (unpaired) electrons. The monoisotopic (exact) mass is 391 g/mol. The molecule has 3 aromatic rings. The zero-order valence-corrected chi connectivity index (χ0v) is 16.0. The lowest BCUT2D eigenvalue weighted by atomic mass is 10.2. The second-order valence-electron chi connectivity index (χ2n) is 6.11. The Bertz CT molecular complexity index is 1030. The summed E-state index contributed by atoms with van der Waals surface area (Å²) >= 11 is 0. The molecule has 0 spiro atoms. The maximum absolute atomic E-state index is 12.7. The van der Waals surface area contributed by atoms with E-state index in [2.05, 4.69) is 4.72 Å². The second-order valence-corrected chi connectivity index (χ2v) is 7.85. The highest BCUT2D eigenvalue weighted by Gasteiger charge is 2.22. The Morgan fingerprint density at radius 2 is 2.04 bits per heavy atom. The number of methoxy groups -OCH3 is 1. The van der Waals surface area contributed by atoms with Crippen LogP contribution in [0.3, 0.4) is 0 Å². The molecular weight excluding hydrogens is 370 g/mol. The van der Waals surface area contributed by atoms with Gasteiger partial charge in [-0.15, -0.1) is 0 Å². The van der Waals surface area contributed by atoms with Crippen LogP contribution in [-0.2, 0) is 16.4 Å². The molecule has 0 aliphatic carbocycles. The fourth-order valence-corrected chi connectivity index (χ4v) is 4.06. The van der Waals surface area contributed by atoms with E-state index in [0.29, 0.717) is 24.1 Å². The van der Waals surface area contributed by atoms with Gasteiger partial charge in [0.05, 0.1) is 18.3 Å². The molecule has 2 aromatic heterocycles. The quantitative estimate of drug-likeness (QED) is 0.442. The van der Waals surface area contributed by atoms with Crippen molar-refractivity contribution in [1.29, 1.82) is 0 Å². The molecule has 0 aliphatic heterocycles. The van der Waals surface area contributed by atoms with E-state index in [0.717, 1.165) is 18.6 Å². The van der Waals surface area contributed by atoms with Gasteiger partial charge in [-0.1, -0.05) is 0 Å². The molecule has 144 valence electrons. The minimum atomic E-state index is -3.76. The maximum atomic E-state index is 12.7. The first-order chi connectivity index (χ1) is 12.9. The third-order valence-electron chi connectivity index (χ3n) is 4.19. The molecule has 0 atom stereocenters. The average Bonchev–Trinajstić information content (AvgIpc) is 3.30. The smallest absolute Gasteiger partial charge is 0.241 e. The van der Waals surface area contributed by atoms with Gasteiger partial charge in [0.25, 0.3) is 0 Å². The van der Waals surface area contributed by atoms with Gasteiger partial charge in [-0.2, -0.15) is 0 Å². The lowest BCUT2D eigenvalue weighted by Crippen LogP contribution is -2.25. The van der Waals surface area contributed by atoms with Crippen molar-refractivity contribution in [2.75, 3.05) is 13.7 Å². The number of Topliss-reactive ketones (excluding diaryl/α,β-unsaturated/α-hetero) is 1. The lowest BCUT2D eigenvalue weighted by molar-refractivity contribution is 0.0989. The van der Waals surface area contributed by atoms with Gasteiger partial charge in [-0.05, 0) is 43.2 Å². The van der Waals surface area contributed by atoms with Crippen LogP contribution in [0, 0.1) is 0 Å². The molecule has 2 heterocycles. The minimum Gasteiger partial charge on any atom is -0.493 e. The molecule has 0 aliphatic rings. The number of carbonyl (C=O) groups is 1. The lowest BCUT2D eigenvalue weighted by Gasteiger charge is -2.09. The van der Waals surface area contributed by atoms with Gasteiger partial charge in [0.1, 0.15) is 5.76 Å². The number of ketones is 1. The predicted octanol–water partition coefficient (Wildman–Crippen LogP) is 3.54. The molecule has 1 aromatic carbocycles. The number of sulfonamides is 1. The Balaban J connectivity index is 1.75. The summed E-state index contributed by atoms with van der Waals surface area (Å²) in [7, 11) is -2.30. The van der Waals surface area contributed by atoms with Crippen molar-refractivity contribution in [2.24, 2.45) is 0 Å². The van der Waals surface area contributed by atoms with Gasteiger partial charge in [-0.25, -0.2) is 13.1 Å². The molecule has 0 fully saturated rings. The first-order valence-corrected chi connectivity index (χ1v) is 10.0. The van der Waals surface area contributed by atoms with Crippen molar-refractivity contribution < 1.29 is 26.8 Å². The van der Waals surface area contributed by atoms with Crippen LogP contribution in [0.5, 0.6) is 5.75 Å². The van der Waals surface area contributed by atoms with E-state index in [1.807, 2.05) is 12.1 Å². The van der Waals surface area contributed by atoms with Crippen LogP contribution in [0.2, 0.25) is 0 Å². The standard InChI is InChI=1S/C19H21NO6S/c1-13(21)17-12-15-18(9-8-16(24-2)19(15)26-17)27(22,23)20-10-4-3-6-14-7-5-11-25-14/h5,7-9,11-12,20H,3-4,6,10H2,1-2H3. The molecule has 0 saturated carbocycles. The molecule has 3 rings (SSSR count). The topological polar surface area (TPSA) is 98.8 Å². The van der Waals surface area contributed by atoms with Gasteiger partial charge >= 0.3 is 0 Å². The number of rotatable bonds is 9. The average molecular weight is 391 g/mol. The molecule has 27 heavy (non-hydrogen) atoms. The Kier molecular flexibility index (Phi) is 5.67. The number of carbonyl (C=O) groups excluding carboxylic acids is 1. The van der Waals surface area contributed by atoms with Crippen molar-refractivity contribution >= 4 is 26.8 Å². The van der Waals surface area contributed by atoms with Crippen molar-refractivity contribution in [3.63, 3.8) is 0 Å². The summed E-state index contributed by atoms with van der Waals surface area (Å²) < 4.78 is 44.0.